The third-order valence-electron chi connectivity index (χ3n) is 4.84. The second-order valence-corrected chi connectivity index (χ2v) is 7.10. The molecule has 0 unspecified atom stereocenters. The van der Waals surface area contributed by atoms with E-state index >= 15 is 0 Å². The highest BCUT2D eigenvalue weighted by Crippen LogP contribution is 2.40. The number of halogens is 6. The molecule has 12 heteroatoms. The number of ether oxygens (including phenoxy) is 4. The van der Waals surface area contributed by atoms with Crippen LogP contribution in [0.25, 0.3) is 10.9 Å². The molecule has 3 aromatic rings. The van der Waals surface area contributed by atoms with Gasteiger partial charge in [0.2, 0.25) is 0 Å². The maximum absolute atomic E-state index is 14.6. The number of aryl methyl sites for hydroxylation is 1. The van der Waals surface area contributed by atoms with E-state index in [-0.39, 0.29) is 40.8 Å². The smallest absolute Gasteiger partial charge is 0.481 e. The van der Waals surface area contributed by atoms with Crippen molar-refractivity contribution >= 4 is 16.9 Å². The Morgan fingerprint density at radius 2 is 1.77 bits per heavy atom. The van der Waals surface area contributed by atoms with Crippen LogP contribution in [0.4, 0.5) is 26.3 Å². The molecule has 188 valence electrons. The highest BCUT2D eigenvalue weighted by Gasteiger charge is 2.31. The summed E-state index contributed by atoms with van der Waals surface area (Å²) in [5, 5.41) is -0.224. The molecule has 35 heavy (non-hydrogen) atoms. The van der Waals surface area contributed by atoms with Gasteiger partial charge in [0.1, 0.15) is 28.6 Å². The summed E-state index contributed by atoms with van der Waals surface area (Å²) in [6.07, 6.45) is -4.76. The van der Waals surface area contributed by atoms with Crippen LogP contribution >= 0.6 is 0 Å². The van der Waals surface area contributed by atoms with Gasteiger partial charge in [-0.15, -0.1) is 13.2 Å². The lowest BCUT2D eigenvalue weighted by Crippen LogP contribution is -2.17. The highest BCUT2D eigenvalue weighted by atomic mass is 19.4. The lowest BCUT2D eigenvalue weighted by atomic mass is 9.98. The molecular formula is C23H19F6NO5. The topological polar surface area (TPSA) is 66.9 Å². The number of hydrogen-bond donors (Lipinski definition) is 0. The van der Waals surface area contributed by atoms with E-state index in [1.54, 1.807) is 6.92 Å². The Morgan fingerprint density at radius 1 is 1.09 bits per heavy atom. The molecule has 0 spiro atoms. The van der Waals surface area contributed by atoms with Crippen LogP contribution in [-0.2, 0) is 22.4 Å². The fourth-order valence-electron chi connectivity index (χ4n) is 3.38. The second-order valence-electron chi connectivity index (χ2n) is 7.10. The zero-order valence-corrected chi connectivity index (χ0v) is 18.4. The predicted molar refractivity (Wildman–Crippen MR) is 111 cm³/mol. The Kier molecular flexibility index (Phi) is 7.92. The maximum Gasteiger partial charge on any atom is 0.573 e. The molecule has 0 bridgehead atoms. The van der Waals surface area contributed by atoms with E-state index in [0.717, 1.165) is 31.4 Å². The number of aromatic nitrogens is 1. The first-order valence-electron chi connectivity index (χ1n) is 10.2. The number of esters is 1. The van der Waals surface area contributed by atoms with Crippen molar-refractivity contribution in [3.05, 3.63) is 59.0 Å². The van der Waals surface area contributed by atoms with Gasteiger partial charge in [-0.3, -0.25) is 0 Å². The van der Waals surface area contributed by atoms with E-state index in [4.69, 9.17) is 9.47 Å². The van der Waals surface area contributed by atoms with Gasteiger partial charge in [-0.05, 0) is 36.2 Å². The quantitative estimate of drug-likeness (QED) is 0.281. The summed E-state index contributed by atoms with van der Waals surface area (Å²) in [6, 6.07) is 6.92. The first-order valence-corrected chi connectivity index (χ1v) is 10.2. The van der Waals surface area contributed by atoms with Crippen LogP contribution in [0, 0.1) is 5.82 Å². The first-order chi connectivity index (χ1) is 16.5. The number of hydrogen-bond acceptors (Lipinski definition) is 6. The first kappa shape index (κ1) is 25.9. The number of alkyl halides is 5. The Balaban J connectivity index is 2.14. The van der Waals surface area contributed by atoms with E-state index < -0.39 is 42.9 Å². The van der Waals surface area contributed by atoms with Gasteiger partial charge in [0.15, 0.2) is 6.61 Å². The molecule has 6 nitrogen and oxygen atoms in total. The van der Waals surface area contributed by atoms with Crippen LogP contribution in [0.3, 0.4) is 0 Å². The van der Waals surface area contributed by atoms with Crippen LogP contribution in [0.2, 0.25) is 0 Å². The van der Waals surface area contributed by atoms with Gasteiger partial charge >= 0.3 is 18.9 Å². The van der Waals surface area contributed by atoms with Crippen molar-refractivity contribution in [2.45, 2.75) is 32.7 Å². The molecule has 1 aromatic heterocycles. The Bertz CT molecular complexity index is 1200. The van der Waals surface area contributed by atoms with Crippen molar-refractivity contribution < 1.29 is 50.1 Å². The average molecular weight is 503 g/mol. The molecule has 0 atom stereocenters. The van der Waals surface area contributed by atoms with E-state index in [2.05, 4.69) is 14.5 Å². The summed E-state index contributed by atoms with van der Waals surface area (Å²) in [4.78, 5) is 15.8. The fraction of sp³-hybridized carbons (Fsp3) is 0.304. The van der Waals surface area contributed by atoms with Gasteiger partial charge in [-0.25, -0.2) is 14.2 Å². The number of pyridine rings is 1. The van der Waals surface area contributed by atoms with Crippen LogP contribution in [0.15, 0.2) is 36.4 Å². The summed E-state index contributed by atoms with van der Waals surface area (Å²) in [5.74, 6) is -2.62. The summed E-state index contributed by atoms with van der Waals surface area (Å²) in [7, 11) is 1.12. The van der Waals surface area contributed by atoms with E-state index in [9.17, 15) is 31.1 Å². The van der Waals surface area contributed by atoms with Gasteiger partial charge in [0.05, 0.1) is 12.5 Å². The van der Waals surface area contributed by atoms with Gasteiger partial charge in [-0.2, -0.15) is 8.78 Å². The van der Waals surface area contributed by atoms with Crippen molar-refractivity contribution in [3.8, 4) is 17.2 Å². The lowest BCUT2D eigenvalue weighted by molar-refractivity contribution is -0.274. The Hall–Kier alpha value is -3.70. The number of benzene rings is 2. The third-order valence-corrected chi connectivity index (χ3v) is 4.84. The van der Waals surface area contributed by atoms with Gasteiger partial charge in [0, 0.05) is 17.7 Å². The normalized spacial score (nSPS) is 11.6. The lowest BCUT2D eigenvalue weighted by Gasteiger charge is -2.19. The largest absolute Gasteiger partial charge is 0.573 e. The molecule has 0 fully saturated rings. The number of carbonyl (C=O) groups excluding carboxylic acids is 1. The van der Waals surface area contributed by atoms with E-state index in [0.29, 0.717) is 5.56 Å². The zero-order chi connectivity index (χ0) is 25.8. The molecule has 0 aliphatic carbocycles. The number of carbonyl (C=O) groups is 1. The molecular weight excluding hydrogens is 484 g/mol. The maximum atomic E-state index is 14.6. The van der Waals surface area contributed by atoms with Crippen molar-refractivity contribution in [1.29, 1.82) is 0 Å². The molecule has 0 N–H and O–H groups in total. The third kappa shape index (κ3) is 6.46. The number of fused-ring (bicyclic) bond motifs is 1. The van der Waals surface area contributed by atoms with Crippen LogP contribution in [-0.4, -0.2) is 37.6 Å². The monoisotopic (exact) mass is 503 g/mol. The second kappa shape index (κ2) is 10.7. The fourth-order valence-corrected chi connectivity index (χ4v) is 3.38. The van der Waals surface area contributed by atoms with Crippen molar-refractivity contribution in [1.82, 2.24) is 4.98 Å². The SMILES string of the molecule is CCc1nc2c(F)ccc(OCC(=O)OC)c2c(OC(F)F)c1Cc1ccc(OC(F)(F)F)cc1. The minimum Gasteiger partial charge on any atom is -0.481 e. The number of nitrogens with zero attached hydrogens (tertiary/aromatic N) is 1. The van der Waals surface area contributed by atoms with Crippen molar-refractivity contribution in [2.75, 3.05) is 13.7 Å². The molecule has 0 aliphatic rings. The standard InChI is InChI=1S/C23H19F6NO5/c1-3-16-14(10-12-4-6-13(7-5-12)35-23(27,28)29)21(34-22(25)26)19-17(33-11-18(31)32-2)9-8-15(24)20(19)30-16/h4-9,22H,3,10-11H2,1-2H3. The molecule has 0 amide bonds. The summed E-state index contributed by atoms with van der Waals surface area (Å²) >= 11 is 0. The van der Waals surface area contributed by atoms with Crippen molar-refractivity contribution in [2.24, 2.45) is 0 Å². The Labute approximate surface area is 195 Å². The molecule has 0 saturated carbocycles. The van der Waals surface area contributed by atoms with Gasteiger partial charge in [0.25, 0.3) is 0 Å². The predicted octanol–water partition coefficient (Wildman–Crippen LogP) is 5.58. The molecule has 1 heterocycles. The highest BCUT2D eigenvalue weighted by molar-refractivity contribution is 5.93. The van der Waals surface area contributed by atoms with Gasteiger partial charge in [-0.1, -0.05) is 19.1 Å². The zero-order valence-electron chi connectivity index (χ0n) is 18.4. The molecule has 3 rings (SSSR count). The average Bonchev–Trinajstić information content (AvgIpc) is 2.79. The molecule has 0 radical (unpaired) electrons. The molecule has 0 saturated heterocycles. The molecule has 0 aliphatic heterocycles. The van der Waals surface area contributed by atoms with E-state index in [1.807, 2.05) is 0 Å². The van der Waals surface area contributed by atoms with Gasteiger partial charge < -0.3 is 18.9 Å². The number of rotatable bonds is 9. The van der Waals surface area contributed by atoms with E-state index in [1.165, 1.54) is 12.1 Å². The Morgan fingerprint density at radius 3 is 2.34 bits per heavy atom. The summed E-state index contributed by atoms with van der Waals surface area (Å²) in [6.45, 7) is -2.22. The van der Waals surface area contributed by atoms with Crippen LogP contribution < -0.4 is 14.2 Å². The minimum atomic E-state index is -4.87. The molecule has 2 aromatic carbocycles. The minimum absolute atomic E-state index is 0.0899. The van der Waals surface area contributed by atoms with Crippen LogP contribution in [0.1, 0.15) is 23.7 Å². The van der Waals surface area contributed by atoms with Crippen LogP contribution in [0.5, 0.6) is 17.2 Å². The summed E-state index contributed by atoms with van der Waals surface area (Å²) in [5.41, 5.74) is 0.492. The van der Waals surface area contributed by atoms with Crippen molar-refractivity contribution in [3.63, 3.8) is 0 Å². The summed E-state index contributed by atoms with van der Waals surface area (Å²) < 4.78 is 97.3. The number of methoxy groups -OCH3 is 1.